The van der Waals surface area contributed by atoms with Crippen molar-refractivity contribution < 1.29 is 0 Å². The monoisotopic (exact) mass is 154 g/mol. The molecule has 0 unspecified atom stereocenters. The molecule has 0 spiro atoms. The molecule has 0 aliphatic heterocycles. The Balaban J connectivity index is 2.54. The Labute approximate surface area is 66.4 Å². The number of hydrogen-bond acceptors (Lipinski definition) is 3. The minimum absolute atomic E-state index is 0.476. The maximum Gasteiger partial charge on any atom is 0.146 e. The van der Waals surface area contributed by atoms with Crippen LogP contribution in [0.25, 0.3) is 0 Å². The van der Waals surface area contributed by atoms with Crippen molar-refractivity contribution in [2.75, 3.05) is 0 Å². The van der Waals surface area contributed by atoms with Crippen molar-refractivity contribution in [1.29, 1.82) is 0 Å². The quantitative estimate of drug-likeness (QED) is 0.688. The number of nitrogens with zero attached hydrogens (tertiary/aromatic N) is 3. The lowest BCUT2D eigenvalue weighted by Crippen LogP contribution is -2.07. The predicted molar refractivity (Wildman–Crippen MR) is 42.8 cm³/mol. The number of rotatable bonds is 4. The lowest BCUT2D eigenvalue weighted by atomic mass is 10.3. The van der Waals surface area contributed by atoms with Gasteiger partial charge in [-0.3, -0.25) is 0 Å². The molecule has 0 radical (unpaired) electrons. The summed E-state index contributed by atoms with van der Waals surface area (Å²) < 4.78 is 2.00. The zero-order valence-corrected chi connectivity index (χ0v) is 6.82. The van der Waals surface area contributed by atoms with Crippen molar-refractivity contribution in [3.8, 4) is 0 Å². The van der Waals surface area contributed by atoms with Gasteiger partial charge in [-0.2, -0.15) is 0 Å². The number of aryl methyl sites for hydroxylation is 1. The molecular weight excluding hydrogens is 140 g/mol. The molecule has 0 saturated heterocycles. The Hall–Kier alpha value is -0.900. The van der Waals surface area contributed by atoms with Gasteiger partial charge in [0.05, 0.1) is 6.54 Å². The average molecular weight is 154 g/mol. The van der Waals surface area contributed by atoms with Gasteiger partial charge < -0.3 is 10.3 Å². The van der Waals surface area contributed by atoms with Crippen LogP contribution in [0.5, 0.6) is 0 Å². The fourth-order valence-electron chi connectivity index (χ4n) is 0.952. The molecule has 0 bridgehead atoms. The van der Waals surface area contributed by atoms with E-state index < -0.39 is 0 Å². The molecule has 0 fully saturated rings. The van der Waals surface area contributed by atoms with Crippen LogP contribution in [0.2, 0.25) is 0 Å². The first-order valence-electron chi connectivity index (χ1n) is 3.95. The molecule has 0 aliphatic rings. The molecule has 0 aliphatic carbocycles. The van der Waals surface area contributed by atoms with E-state index in [1.807, 2.05) is 4.57 Å². The molecule has 0 amide bonds. The van der Waals surface area contributed by atoms with Crippen molar-refractivity contribution in [1.82, 2.24) is 14.8 Å². The average Bonchev–Trinajstić information content (AvgIpc) is 2.47. The summed E-state index contributed by atoms with van der Waals surface area (Å²) in [6, 6.07) is 0. The highest BCUT2D eigenvalue weighted by molar-refractivity contribution is 4.83. The van der Waals surface area contributed by atoms with Crippen LogP contribution in [0.15, 0.2) is 6.33 Å². The van der Waals surface area contributed by atoms with Crippen LogP contribution < -0.4 is 5.73 Å². The Kier molecular flexibility index (Phi) is 3.04. The van der Waals surface area contributed by atoms with Crippen LogP contribution in [0.1, 0.15) is 25.6 Å². The van der Waals surface area contributed by atoms with Crippen molar-refractivity contribution in [2.45, 2.75) is 32.9 Å². The lowest BCUT2D eigenvalue weighted by molar-refractivity contribution is 0.603. The van der Waals surface area contributed by atoms with Gasteiger partial charge in [-0.25, -0.2) is 0 Å². The highest BCUT2D eigenvalue weighted by atomic mass is 15.3. The second kappa shape index (κ2) is 4.08. The van der Waals surface area contributed by atoms with Crippen molar-refractivity contribution >= 4 is 0 Å². The number of nitrogens with two attached hydrogens (primary N) is 1. The van der Waals surface area contributed by atoms with Crippen LogP contribution >= 0.6 is 0 Å². The topological polar surface area (TPSA) is 56.7 Å². The van der Waals surface area contributed by atoms with E-state index in [1.165, 1.54) is 6.42 Å². The third kappa shape index (κ3) is 2.01. The van der Waals surface area contributed by atoms with Crippen LogP contribution in [0, 0.1) is 0 Å². The molecule has 0 aromatic carbocycles. The number of hydrogen-bond donors (Lipinski definition) is 1. The van der Waals surface area contributed by atoms with E-state index in [2.05, 4.69) is 17.1 Å². The van der Waals surface area contributed by atoms with E-state index in [9.17, 15) is 0 Å². The summed E-state index contributed by atoms with van der Waals surface area (Å²) in [4.78, 5) is 0. The third-order valence-electron chi connectivity index (χ3n) is 1.63. The van der Waals surface area contributed by atoms with Gasteiger partial charge in [0.2, 0.25) is 0 Å². The minimum Gasteiger partial charge on any atom is -0.324 e. The molecule has 1 aromatic heterocycles. The molecule has 1 aromatic rings. The Morgan fingerprint density at radius 2 is 2.45 bits per heavy atom. The lowest BCUT2D eigenvalue weighted by Gasteiger charge is -2.01. The van der Waals surface area contributed by atoms with Gasteiger partial charge in [0.25, 0.3) is 0 Å². The summed E-state index contributed by atoms with van der Waals surface area (Å²) in [5.41, 5.74) is 5.44. The van der Waals surface area contributed by atoms with Crippen molar-refractivity contribution in [2.24, 2.45) is 5.73 Å². The zero-order valence-electron chi connectivity index (χ0n) is 6.82. The van der Waals surface area contributed by atoms with E-state index in [0.29, 0.717) is 6.54 Å². The summed E-state index contributed by atoms with van der Waals surface area (Å²) in [7, 11) is 0. The molecular formula is C7H14N4. The normalized spacial score (nSPS) is 10.4. The first kappa shape index (κ1) is 8.20. The van der Waals surface area contributed by atoms with E-state index in [0.717, 1.165) is 18.8 Å². The number of aromatic nitrogens is 3. The summed E-state index contributed by atoms with van der Waals surface area (Å²) in [6.45, 7) is 3.62. The maximum atomic E-state index is 5.44. The van der Waals surface area contributed by atoms with Gasteiger partial charge >= 0.3 is 0 Å². The van der Waals surface area contributed by atoms with Gasteiger partial charge in [0.1, 0.15) is 12.2 Å². The summed E-state index contributed by atoms with van der Waals surface area (Å²) in [5.74, 6) is 0.874. The third-order valence-corrected chi connectivity index (χ3v) is 1.63. The van der Waals surface area contributed by atoms with Gasteiger partial charge in [-0.1, -0.05) is 13.3 Å². The van der Waals surface area contributed by atoms with Crippen LogP contribution in [0.3, 0.4) is 0 Å². The standard InChI is InChI=1S/C7H14N4/c1-2-3-4-11-6-9-10-7(11)5-8/h6H,2-5,8H2,1H3. The Bertz CT molecular complexity index is 206. The minimum atomic E-state index is 0.476. The van der Waals surface area contributed by atoms with Gasteiger partial charge in [-0.15, -0.1) is 10.2 Å². The van der Waals surface area contributed by atoms with E-state index in [1.54, 1.807) is 6.33 Å². The molecule has 2 N–H and O–H groups in total. The maximum absolute atomic E-state index is 5.44. The molecule has 62 valence electrons. The van der Waals surface area contributed by atoms with Crippen molar-refractivity contribution in [3.05, 3.63) is 12.2 Å². The van der Waals surface area contributed by atoms with Gasteiger partial charge in [-0.05, 0) is 6.42 Å². The highest BCUT2D eigenvalue weighted by Gasteiger charge is 1.98. The van der Waals surface area contributed by atoms with E-state index in [4.69, 9.17) is 5.73 Å². The second-order valence-electron chi connectivity index (χ2n) is 2.50. The molecule has 11 heavy (non-hydrogen) atoms. The van der Waals surface area contributed by atoms with Gasteiger partial charge in [0.15, 0.2) is 0 Å². The Morgan fingerprint density at radius 3 is 3.09 bits per heavy atom. The number of unbranched alkanes of at least 4 members (excludes halogenated alkanes) is 1. The fourth-order valence-corrected chi connectivity index (χ4v) is 0.952. The molecule has 4 nitrogen and oxygen atoms in total. The van der Waals surface area contributed by atoms with E-state index >= 15 is 0 Å². The van der Waals surface area contributed by atoms with Crippen LogP contribution in [-0.4, -0.2) is 14.8 Å². The summed E-state index contributed by atoms with van der Waals surface area (Å²) in [5, 5.41) is 7.65. The first-order valence-corrected chi connectivity index (χ1v) is 3.95. The highest BCUT2D eigenvalue weighted by Crippen LogP contribution is 1.97. The van der Waals surface area contributed by atoms with Crippen molar-refractivity contribution in [3.63, 3.8) is 0 Å². The smallest absolute Gasteiger partial charge is 0.146 e. The SMILES string of the molecule is CCCCn1cnnc1CN. The fraction of sp³-hybridized carbons (Fsp3) is 0.714. The summed E-state index contributed by atoms with van der Waals surface area (Å²) in [6.07, 6.45) is 4.07. The van der Waals surface area contributed by atoms with Crippen LogP contribution in [-0.2, 0) is 13.1 Å². The van der Waals surface area contributed by atoms with Crippen LogP contribution in [0.4, 0.5) is 0 Å². The van der Waals surface area contributed by atoms with E-state index in [-0.39, 0.29) is 0 Å². The largest absolute Gasteiger partial charge is 0.324 e. The molecule has 0 saturated carbocycles. The predicted octanol–water partition coefficient (Wildman–Crippen LogP) is 0.537. The van der Waals surface area contributed by atoms with Gasteiger partial charge in [0, 0.05) is 6.54 Å². The first-order chi connectivity index (χ1) is 5.38. The Morgan fingerprint density at radius 1 is 1.64 bits per heavy atom. The molecule has 1 rings (SSSR count). The zero-order chi connectivity index (χ0) is 8.10. The molecule has 0 atom stereocenters. The second-order valence-corrected chi connectivity index (χ2v) is 2.50. The summed E-state index contributed by atoms with van der Waals surface area (Å²) >= 11 is 0. The molecule has 1 heterocycles. The molecule has 4 heteroatoms.